The molecule has 0 N–H and O–H groups in total. The zero-order valence-corrected chi connectivity index (χ0v) is 12.0. The van der Waals surface area contributed by atoms with Gasteiger partial charge < -0.3 is 4.18 Å². The van der Waals surface area contributed by atoms with Crippen LogP contribution >= 0.6 is 0 Å². The van der Waals surface area contributed by atoms with E-state index in [1.807, 2.05) is 0 Å². The van der Waals surface area contributed by atoms with E-state index in [4.69, 9.17) is 0 Å². The van der Waals surface area contributed by atoms with Crippen LogP contribution in [0.3, 0.4) is 0 Å². The first-order valence-corrected chi connectivity index (χ1v) is 7.06. The maximum atomic E-state index is 12.6. The summed E-state index contributed by atoms with van der Waals surface area (Å²) in [5.74, 6) is -3.93. The highest BCUT2D eigenvalue weighted by Gasteiger charge is 2.52. The lowest BCUT2D eigenvalue weighted by Crippen LogP contribution is -2.29. The minimum absolute atomic E-state index is 0.244. The van der Waals surface area contributed by atoms with Crippen LogP contribution in [-0.2, 0) is 14.3 Å². The lowest BCUT2D eigenvalue weighted by Gasteiger charge is -2.14. The summed E-state index contributed by atoms with van der Waals surface area (Å²) in [5.41, 5.74) is -6.07. The molecular weight excluding hydrogens is 354 g/mol. The highest BCUT2D eigenvalue weighted by atomic mass is 32.2. The molecular formula is C12H8F6O4S. The maximum absolute atomic E-state index is 12.6. The first-order chi connectivity index (χ1) is 10.3. The molecule has 1 rings (SSSR count). The molecule has 0 aliphatic carbocycles. The number of rotatable bonds is 4. The molecule has 0 saturated carbocycles. The predicted octanol–water partition coefficient (Wildman–Crippen LogP) is 3.49. The van der Waals surface area contributed by atoms with Gasteiger partial charge in [0.05, 0.1) is 0 Å². The van der Waals surface area contributed by atoms with E-state index in [0.717, 1.165) is 6.07 Å². The van der Waals surface area contributed by atoms with Crippen molar-refractivity contribution in [3.63, 3.8) is 0 Å². The fourth-order valence-electron chi connectivity index (χ4n) is 1.36. The van der Waals surface area contributed by atoms with E-state index in [9.17, 15) is 39.6 Å². The Hall–Kier alpha value is -2.04. The Balaban J connectivity index is 3.29. The van der Waals surface area contributed by atoms with Crippen molar-refractivity contribution in [1.82, 2.24) is 0 Å². The molecule has 0 fully saturated rings. The number of aryl methyl sites for hydroxylation is 1. The van der Waals surface area contributed by atoms with Crippen LogP contribution in [0.1, 0.15) is 15.9 Å². The van der Waals surface area contributed by atoms with E-state index in [1.165, 1.54) is 25.1 Å². The topological polar surface area (TPSA) is 60.4 Å². The second-order valence-corrected chi connectivity index (χ2v) is 5.71. The van der Waals surface area contributed by atoms with Crippen molar-refractivity contribution in [2.45, 2.75) is 18.6 Å². The van der Waals surface area contributed by atoms with E-state index in [2.05, 4.69) is 4.18 Å². The van der Waals surface area contributed by atoms with Gasteiger partial charge in [-0.15, -0.1) is 0 Å². The quantitative estimate of drug-likeness (QED) is 0.205. The molecule has 11 heteroatoms. The van der Waals surface area contributed by atoms with Crippen molar-refractivity contribution < 1.29 is 43.7 Å². The highest BCUT2D eigenvalue weighted by molar-refractivity contribution is 7.87. The van der Waals surface area contributed by atoms with Gasteiger partial charge in [0.15, 0.2) is 5.78 Å². The summed E-state index contributed by atoms with van der Waals surface area (Å²) in [6.07, 6.45) is -5.96. The van der Waals surface area contributed by atoms with Gasteiger partial charge in [-0.3, -0.25) is 4.79 Å². The average Bonchev–Trinajstić information content (AvgIpc) is 2.35. The molecule has 0 heterocycles. The molecule has 0 radical (unpaired) electrons. The zero-order chi connectivity index (χ0) is 18.1. The SMILES string of the molecule is Cc1ccccc1C(=O)C=C(OS(=O)(=O)C(F)(F)F)C(F)(F)F. The smallest absolute Gasteiger partial charge is 0.371 e. The molecule has 0 spiro atoms. The normalized spacial score (nSPS) is 13.8. The molecule has 0 amide bonds. The number of hydrogen-bond donors (Lipinski definition) is 0. The number of hydrogen-bond acceptors (Lipinski definition) is 4. The zero-order valence-electron chi connectivity index (χ0n) is 11.2. The van der Waals surface area contributed by atoms with Gasteiger partial charge in [0.25, 0.3) is 0 Å². The lowest BCUT2D eigenvalue weighted by atomic mass is 10.0. The third-order valence-electron chi connectivity index (χ3n) is 2.44. The summed E-state index contributed by atoms with van der Waals surface area (Å²) in [6, 6.07) is 5.29. The van der Waals surface area contributed by atoms with Crippen LogP contribution in [-0.4, -0.2) is 25.9 Å². The Bertz CT molecular complexity index is 731. The summed E-state index contributed by atoms with van der Waals surface area (Å²) < 4.78 is 98.7. The number of ketones is 1. The largest absolute Gasteiger partial charge is 0.534 e. The van der Waals surface area contributed by atoms with Crippen molar-refractivity contribution in [2.24, 2.45) is 0 Å². The number of carbonyl (C=O) groups excluding carboxylic acids is 1. The first-order valence-electron chi connectivity index (χ1n) is 5.65. The van der Waals surface area contributed by atoms with E-state index < -0.39 is 33.3 Å². The molecule has 23 heavy (non-hydrogen) atoms. The first kappa shape index (κ1) is 19.0. The molecule has 0 aromatic heterocycles. The van der Waals surface area contributed by atoms with E-state index in [0.29, 0.717) is 0 Å². The van der Waals surface area contributed by atoms with Gasteiger partial charge >= 0.3 is 21.8 Å². The molecule has 0 aliphatic heterocycles. The number of alkyl halides is 6. The van der Waals surface area contributed by atoms with Gasteiger partial charge in [-0.1, -0.05) is 24.3 Å². The van der Waals surface area contributed by atoms with Crippen molar-refractivity contribution in [3.8, 4) is 0 Å². The fourth-order valence-corrected chi connectivity index (χ4v) is 1.84. The Kier molecular flexibility index (Phi) is 5.14. The summed E-state index contributed by atoms with van der Waals surface area (Å²) in [6.45, 7) is 1.38. The van der Waals surface area contributed by atoms with Crippen LogP contribution in [0.4, 0.5) is 26.3 Å². The Labute approximate surface area is 126 Å². The second-order valence-electron chi connectivity index (χ2n) is 4.17. The monoisotopic (exact) mass is 362 g/mol. The minimum Gasteiger partial charge on any atom is -0.371 e. The van der Waals surface area contributed by atoms with E-state index in [1.54, 1.807) is 0 Å². The van der Waals surface area contributed by atoms with Gasteiger partial charge in [0, 0.05) is 11.6 Å². The summed E-state index contributed by atoms with van der Waals surface area (Å²) in [4.78, 5) is 11.7. The number of allylic oxidation sites excluding steroid dienone is 2. The predicted molar refractivity (Wildman–Crippen MR) is 65.7 cm³/mol. The molecule has 0 unspecified atom stereocenters. The van der Waals surface area contributed by atoms with Crippen LogP contribution in [0.15, 0.2) is 36.1 Å². The van der Waals surface area contributed by atoms with Crippen LogP contribution in [0.25, 0.3) is 0 Å². The van der Waals surface area contributed by atoms with Gasteiger partial charge in [-0.2, -0.15) is 34.8 Å². The highest BCUT2D eigenvalue weighted by Crippen LogP contribution is 2.33. The summed E-state index contributed by atoms with van der Waals surface area (Å²) in [7, 11) is -6.56. The van der Waals surface area contributed by atoms with Crippen molar-refractivity contribution in [2.75, 3.05) is 0 Å². The minimum atomic E-state index is -6.56. The van der Waals surface area contributed by atoms with Crippen molar-refractivity contribution >= 4 is 15.9 Å². The van der Waals surface area contributed by atoms with Crippen LogP contribution in [0.5, 0.6) is 0 Å². The molecule has 1 aromatic rings. The molecule has 4 nitrogen and oxygen atoms in total. The van der Waals surface area contributed by atoms with Gasteiger partial charge in [0.1, 0.15) is 0 Å². The average molecular weight is 362 g/mol. The molecule has 0 atom stereocenters. The van der Waals surface area contributed by atoms with Crippen molar-refractivity contribution in [3.05, 3.63) is 47.2 Å². The molecule has 0 aliphatic rings. The number of halogens is 6. The number of benzene rings is 1. The molecule has 0 saturated heterocycles. The number of carbonyl (C=O) groups is 1. The van der Waals surface area contributed by atoms with Crippen LogP contribution in [0.2, 0.25) is 0 Å². The Morgan fingerprint density at radius 3 is 2.04 bits per heavy atom. The summed E-state index contributed by atoms with van der Waals surface area (Å²) in [5, 5.41) is 0. The third-order valence-corrected chi connectivity index (χ3v) is 3.40. The summed E-state index contributed by atoms with van der Waals surface area (Å²) >= 11 is 0. The molecule has 128 valence electrons. The van der Waals surface area contributed by atoms with Gasteiger partial charge in [-0.05, 0) is 12.5 Å². The van der Waals surface area contributed by atoms with E-state index in [-0.39, 0.29) is 17.2 Å². The van der Waals surface area contributed by atoms with E-state index >= 15 is 0 Å². The maximum Gasteiger partial charge on any atom is 0.534 e. The van der Waals surface area contributed by atoms with Gasteiger partial charge in [-0.25, -0.2) is 0 Å². The fraction of sp³-hybridized carbons (Fsp3) is 0.250. The van der Waals surface area contributed by atoms with Crippen molar-refractivity contribution in [1.29, 1.82) is 0 Å². The third kappa shape index (κ3) is 4.71. The molecule has 1 aromatic carbocycles. The standard InChI is InChI=1S/C12H8F6O4S/c1-7-4-2-3-5-8(7)9(19)6-10(11(13,14)15)22-23(20,21)12(16,17)18/h2-6H,1H3. The van der Waals surface area contributed by atoms with Crippen LogP contribution < -0.4 is 0 Å². The Morgan fingerprint density at radius 2 is 1.61 bits per heavy atom. The second kappa shape index (κ2) is 6.22. The molecule has 0 bridgehead atoms. The lowest BCUT2D eigenvalue weighted by molar-refractivity contribution is -0.119. The van der Waals surface area contributed by atoms with Crippen LogP contribution in [0, 0.1) is 6.92 Å². The Morgan fingerprint density at radius 1 is 1.09 bits per heavy atom. The van der Waals surface area contributed by atoms with Gasteiger partial charge in [0.2, 0.25) is 5.76 Å².